The Kier molecular flexibility index (Phi) is 7.54. The molecule has 0 aliphatic carbocycles. The van der Waals surface area contributed by atoms with Crippen molar-refractivity contribution in [2.75, 3.05) is 6.54 Å². The molecule has 0 saturated heterocycles. The van der Waals surface area contributed by atoms with Gasteiger partial charge in [-0.1, -0.05) is 85.2 Å². The predicted octanol–water partition coefficient (Wildman–Crippen LogP) is 4.94. The molecular weight excluding hydrogens is 392 g/mol. The molecule has 1 amide bonds. The standard InChI is InChI=1S/C22H25ClN2O2S/c1-2-8-16(15-9-4-3-5-10-15)21(27)25-22-24-14-13-19(28-22)20(26)17-11-6-7-12-18(17)23/h3-7,9-12,16,19-20,26H,2,8,13-14H2,1H3,(H,24,25,27). The average Bonchev–Trinajstić information content (AvgIpc) is 2.72. The van der Waals surface area contributed by atoms with E-state index in [2.05, 4.69) is 17.2 Å². The van der Waals surface area contributed by atoms with Crippen molar-refractivity contribution in [2.45, 2.75) is 43.5 Å². The van der Waals surface area contributed by atoms with Gasteiger partial charge in [-0.15, -0.1) is 0 Å². The Morgan fingerprint density at radius 2 is 1.96 bits per heavy atom. The first kappa shape index (κ1) is 20.9. The van der Waals surface area contributed by atoms with Crippen molar-refractivity contribution in [2.24, 2.45) is 4.99 Å². The number of carbonyl (C=O) groups excluding carboxylic acids is 1. The minimum Gasteiger partial charge on any atom is -0.387 e. The number of amidine groups is 1. The Hall–Kier alpha value is -1.82. The normalized spacial score (nSPS) is 18.8. The summed E-state index contributed by atoms with van der Waals surface area (Å²) in [5.41, 5.74) is 1.72. The largest absolute Gasteiger partial charge is 0.387 e. The number of hydrogen-bond donors (Lipinski definition) is 2. The van der Waals surface area contributed by atoms with E-state index in [1.54, 1.807) is 6.07 Å². The number of carbonyl (C=O) groups is 1. The lowest BCUT2D eigenvalue weighted by Gasteiger charge is -2.27. The van der Waals surface area contributed by atoms with Crippen LogP contribution < -0.4 is 5.32 Å². The van der Waals surface area contributed by atoms with E-state index in [-0.39, 0.29) is 17.1 Å². The second kappa shape index (κ2) is 10.1. The quantitative estimate of drug-likeness (QED) is 0.701. The van der Waals surface area contributed by atoms with E-state index in [1.165, 1.54) is 11.8 Å². The first-order valence-electron chi connectivity index (χ1n) is 9.59. The number of hydrogen-bond acceptors (Lipinski definition) is 4. The Morgan fingerprint density at radius 3 is 2.68 bits per heavy atom. The maximum atomic E-state index is 12.9. The van der Waals surface area contributed by atoms with Gasteiger partial charge in [0.1, 0.15) is 0 Å². The van der Waals surface area contributed by atoms with Gasteiger partial charge in [-0.2, -0.15) is 0 Å². The molecule has 0 saturated carbocycles. The number of nitrogens with zero attached hydrogens (tertiary/aromatic N) is 1. The third-order valence-corrected chi connectivity index (χ3v) is 6.43. The SMILES string of the molecule is CCCC(C(=O)NC1=NCCC(C(O)c2ccccc2Cl)S1)c1ccccc1. The Bertz CT molecular complexity index is 828. The number of benzene rings is 2. The van der Waals surface area contributed by atoms with Crippen LogP contribution in [-0.2, 0) is 4.79 Å². The van der Waals surface area contributed by atoms with E-state index in [9.17, 15) is 9.90 Å². The third-order valence-electron chi connectivity index (χ3n) is 4.83. The van der Waals surface area contributed by atoms with Crippen LogP contribution in [0.15, 0.2) is 59.6 Å². The summed E-state index contributed by atoms with van der Waals surface area (Å²) in [5.74, 6) is -0.254. The Balaban J connectivity index is 1.68. The molecule has 0 spiro atoms. The van der Waals surface area contributed by atoms with Gasteiger partial charge in [-0.3, -0.25) is 9.79 Å². The molecule has 0 radical (unpaired) electrons. The minimum atomic E-state index is -0.707. The maximum Gasteiger partial charge on any atom is 0.233 e. The second-order valence-electron chi connectivity index (χ2n) is 6.84. The zero-order valence-electron chi connectivity index (χ0n) is 15.8. The van der Waals surface area contributed by atoms with E-state index in [4.69, 9.17) is 11.6 Å². The highest BCUT2D eigenvalue weighted by molar-refractivity contribution is 8.14. The highest BCUT2D eigenvalue weighted by Gasteiger charge is 2.29. The molecule has 4 nitrogen and oxygen atoms in total. The van der Waals surface area contributed by atoms with Gasteiger partial charge in [-0.05, 0) is 24.5 Å². The molecule has 6 heteroatoms. The lowest BCUT2D eigenvalue weighted by Crippen LogP contribution is -2.37. The fourth-order valence-electron chi connectivity index (χ4n) is 3.36. The summed E-state index contributed by atoms with van der Waals surface area (Å²) in [7, 11) is 0. The smallest absolute Gasteiger partial charge is 0.233 e. The number of rotatable bonds is 6. The van der Waals surface area contributed by atoms with E-state index >= 15 is 0 Å². The highest BCUT2D eigenvalue weighted by atomic mass is 35.5. The summed E-state index contributed by atoms with van der Waals surface area (Å²) in [6.45, 7) is 2.64. The lowest BCUT2D eigenvalue weighted by molar-refractivity contribution is -0.121. The van der Waals surface area contributed by atoms with E-state index in [1.807, 2.05) is 48.5 Å². The molecule has 1 aliphatic heterocycles. The number of aliphatic hydroxyl groups excluding tert-OH is 1. The van der Waals surface area contributed by atoms with E-state index in [0.717, 1.165) is 24.8 Å². The van der Waals surface area contributed by atoms with E-state index in [0.29, 0.717) is 22.3 Å². The molecule has 1 aliphatic rings. The summed E-state index contributed by atoms with van der Waals surface area (Å²) in [4.78, 5) is 17.4. The minimum absolute atomic E-state index is 0.0489. The fraction of sp³-hybridized carbons (Fsp3) is 0.364. The molecule has 2 aromatic rings. The van der Waals surface area contributed by atoms with Crippen LogP contribution >= 0.6 is 23.4 Å². The van der Waals surface area contributed by atoms with Gasteiger partial charge in [0.15, 0.2) is 5.17 Å². The summed E-state index contributed by atoms with van der Waals surface area (Å²) in [5, 5.41) is 14.8. The van der Waals surface area contributed by atoms with Crippen LogP contribution in [0, 0.1) is 0 Å². The summed E-state index contributed by atoms with van der Waals surface area (Å²) in [6, 6.07) is 17.2. The molecule has 148 valence electrons. The van der Waals surface area contributed by atoms with Crippen LogP contribution in [-0.4, -0.2) is 28.0 Å². The molecule has 0 bridgehead atoms. The van der Waals surface area contributed by atoms with Crippen LogP contribution in [0.3, 0.4) is 0 Å². The van der Waals surface area contributed by atoms with Crippen molar-refractivity contribution < 1.29 is 9.90 Å². The molecule has 0 fully saturated rings. The number of halogens is 1. The van der Waals surface area contributed by atoms with Crippen LogP contribution in [0.4, 0.5) is 0 Å². The summed E-state index contributed by atoms with van der Waals surface area (Å²) < 4.78 is 0. The number of thioether (sulfide) groups is 1. The lowest BCUT2D eigenvalue weighted by atomic mass is 9.94. The number of nitrogens with one attached hydrogen (secondary N) is 1. The first-order chi connectivity index (χ1) is 13.6. The fourth-order valence-corrected chi connectivity index (χ4v) is 4.71. The zero-order valence-corrected chi connectivity index (χ0v) is 17.4. The number of aliphatic imine (C=N–C) groups is 1. The van der Waals surface area contributed by atoms with Crippen molar-refractivity contribution in [3.05, 3.63) is 70.7 Å². The van der Waals surface area contributed by atoms with Crippen LogP contribution in [0.25, 0.3) is 0 Å². The number of amides is 1. The summed E-state index contributed by atoms with van der Waals surface area (Å²) >= 11 is 7.65. The molecule has 28 heavy (non-hydrogen) atoms. The van der Waals surface area contributed by atoms with Crippen LogP contribution in [0.2, 0.25) is 5.02 Å². The molecule has 3 unspecified atom stereocenters. The first-order valence-corrected chi connectivity index (χ1v) is 10.8. The molecule has 3 rings (SSSR count). The van der Waals surface area contributed by atoms with Gasteiger partial charge in [-0.25, -0.2) is 0 Å². The van der Waals surface area contributed by atoms with E-state index < -0.39 is 6.10 Å². The van der Waals surface area contributed by atoms with Crippen molar-refractivity contribution in [3.63, 3.8) is 0 Å². The Morgan fingerprint density at radius 1 is 1.25 bits per heavy atom. The molecule has 2 aromatic carbocycles. The van der Waals surface area contributed by atoms with Crippen molar-refractivity contribution in [1.82, 2.24) is 5.32 Å². The molecule has 2 N–H and O–H groups in total. The predicted molar refractivity (Wildman–Crippen MR) is 117 cm³/mol. The highest BCUT2D eigenvalue weighted by Crippen LogP contribution is 2.35. The number of aliphatic hydroxyl groups is 1. The van der Waals surface area contributed by atoms with Crippen LogP contribution in [0.5, 0.6) is 0 Å². The molecular formula is C22H25ClN2O2S. The third kappa shape index (κ3) is 5.16. The zero-order chi connectivity index (χ0) is 19.9. The van der Waals surface area contributed by atoms with Crippen molar-refractivity contribution >= 4 is 34.4 Å². The topological polar surface area (TPSA) is 61.7 Å². The maximum absolute atomic E-state index is 12.9. The summed E-state index contributed by atoms with van der Waals surface area (Å²) in [6.07, 6.45) is 1.72. The van der Waals surface area contributed by atoms with Crippen molar-refractivity contribution in [1.29, 1.82) is 0 Å². The van der Waals surface area contributed by atoms with Gasteiger partial charge in [0.05, 0.1) is 12.0 Å². The molecule has 0 aromatic heterocycles. The monoisotopic (exact) mass is 416 g/mol. The van der Waals surface area contributed by atoms with Crippen LogP contribution in [0.1, 0.15) is 49.3 Å². The van der Waals surface area contributed by atoms with Gasteiger partial charge >= 0.3 is 0 Å². The molecule has 3 atom stereocenters. The van der Waals surface area contributed by atoms with Gasteiger partial charge < -0.3 is 10.4 Å². The van der Waals surface area contributed by atoms with Crippen molar-refractivity contribution in [3.8, 4) is 0 Å². The van der Waals surface area contributed by atoms with Gasteiger partial charge in [0.25, 0.3) is 0 Å². The van der Waals surface area contributed by atoms with Gasteiger partial charge in [0.2, 0.25) is 5.91 Å². The van der Waals surface area contributed by atoms with Gasteiger partial charge in [0, 0.05) is 22.4 Å². The second-order valence-corrected chi connectivity index (χ2v) is 8.47. The molecule has 1 heterocycles. The Labute approximate surface area is 175 Å². The average molecular weight is 417 g/mol.